The van der Waals surface area contributed by atoms with E-state index in [-0.39, 0.29) is 11.9 Å². The monoisotopic (exact) mass is 287 g/mol. The molecule has 2 aromatic rings. The highest BCUT2D eigenvalue weighted by Crippen LogP contribution is 2.26. The van der Waals surface area contributed by atoms with Gasteiger partial charge in [-0.1, -0.05) is 13.3 Å². The lowest BCUT2D eigenvalue weighted by Crippen LogP contribution is -2.49. The molecule has 1 amide bonds. The van der Waals surface area contributed by atoms with Crippen LogP contribution in [0.25, 0.3) is 5.52 Å². The first kappa shape index (κ1) is 14.0. The summed E-state index contributed by atoms with van der Waals surface area (Å²) >= 11 is 0. The lowest BCUT2D eigenvalue weighted by molar-refractivity contribution is 0.0560. The minimum Gasteiger partial charge on any atom is -0.334 e. The van der Waals surface area contributed by atoms with Crippen molar-refractivity contribution in [3.05, 3.63) is 30.4 Å². The number of hydrogen-bond donors (Lipinski definition) is 1. The van der Waals surface area contributed by atoms with E-state index in [1.807, 2.05) is 4.90 Å². The predicted molar refractivity (Wildman–Crippen MR) is 79.9 cm³/mol. The molecule has 2 atom stereocenters. The number of carbonyl (C=O) groups excluding carboxylic acids is 1. The maximum Gasteiger partial charge on any atom is 0.258 e. The second-order valence-electron chi connectivity index (χ2n) is 5.65. The highest BCUT2D eigenvalue weighted by Gasteiger charge is 2.31. The Morgan fingerprint density at radius 2 is 2.33 bits per heavy atom. The third kappa shape index (κ3) is 2.51. The Kier molecular flexibility index (Phi) is 3.88. The van der Waals surface area contributed by atoms with E-state index in [4.69, 9.17) is 5.73 Å². The highest BCUT2D eigenvalue weighted by molar-refractivity contribution is 6.00. The number of likely N-dealkylation sites (tertiary alicyclic amines) is 1. The number of piperidine rings is 1. The molecule has 6 nitrogen and oxygen atoms in total. The third-order valence-electron chi connectivity index (χ3n) is 4.49. The van der Waals surface area contributed by atoms with Gasteiger partial charge in [-0.05, 0) is 18.8 Å². The molecule has 1 aliphatic heterocycles. The van der Waals surface area contributed by atoms with Gasteiger partial charge >= 0.3 is 0 Å². The number of nitrogens with zero attached hydrogens (tertiary/aromatic N) is 4. The molecular weight excluding hydrogens is 266 g/mol. The van der Waals surface area contributed by atoms with Crippen molar-refractivity contribution in [2.24, 2.45) is 11.7 Å². The fraction of sp³-hybridized carbons (Fsp3) is 0.533. The maximum atomic E-state index is 12.8. The Bertz CT molecular complexity index is 638. The number of amides is 1. The van der Waals surface area contributed by atoms with Gasteiger partial charge in [0.25, 0.3) is 5.91 Å². The standard InChI is InChI=1S/C15H21N5O/c1-2-11-3-5-19(12(7-11)8-16)15(21)13-9-18-20-6-4-17-10-14(13)20/h4,6,9-12H,2-3,5,7-8,16H2,1H3. The Morgan fingerprint density at radius 1 is 1.48 bits per heavy atom. The molecule has 3 heterocycles. The van der Waals surface area contributed by atoms with Crippen LogP contribution in [0.1, 0.15) is 36.5 Å². The van der Waals surface area contributed by atoms with Crippen LogP contribution < -0.4 is 5.73 Å². The molecule has 112 valence electrons. The summed E-state index contributed by atoms with van der Waals surface area (Å²) in [5.74, 6) is 0.691. The van der Waals surface area contributed by atoms with Crippen LogP contribution in [0.15, 0.2) is 24.8 Å². The van der Waals surface area contributed by atoms with E-state index < -0.39 is 0 Å². The fourth-order valence-corrected chi connectivity index (χ4v) is 3.15. The summed E-state index contributed by atoms with van der Waals surface area (Å²) in [7, 11) is 0. The van der Waals surface area contributed by atoms with E-state index in [0.717, 1.165) is 31.3 Å². The van der Waals surface area contributed by atoms with Gasteiger partial charge in [0.15, 0.2) is 0 Å². The average molecular weight is 287 g/mol. The molecule has 0 aliphatic carbocycles. The molecule has 21 heavy (non-hydrogen) atoms. The van der Waals surface area contributed by atoms with Gasteiger partial charge in [0.1, 0.15) is 0 Å². The van der Waals surface area contributed by atoms with Crippen LogP contribution in [0.4, 0.5) is 0 Å². The van der Waals surface area contributed by atoms with Gasteiger partial charge in [-0.15, -0.1) is 0 Å². The third-order valence-corrected chi connectivity index (χ3v) is 4.49. The largest absolute Gasteiger partial charge is 0.334 e. The second kappa shape index (κ2) is 5.81. The molecule has 0 bridgehead atoms. The van der Waals surface area contributed by atoms with Gasteiger partial charge in [-0.3, -0.25) is 9.78 Å². The quantitative estimate of drug-likeness (QED) is 0.923. The predicted octanol–water partition coefficient (Wildman–Crippen LogP) is 1.32. The second-order valence-corrected chi connectivity index (χ2v) is 5.65. The number of rotatable bonds is 3. The molecule has 1 fully saturated rings. The van der Waals surface area contributed by atoms with E-state index in [1.54, 1.807) is 29.3 Å². The highest BCUT2D eigenvalue weighted by atomic mass is 16.2. The van der Waals surface area contributed by atoms with Gasteiger partial charge in [0.2, 0.25) is 0 Å². The maximum absolute atomic E-state index is 12.8. The van der Waals surface area contributed by atoms with E-state index in [1.165, 1.54) is 0 Å². The van der Waals surface area contributed by atoms with Crippen molar-refractivity contribution < 1.29 is 4.79 Å². The molecule has 2 unspecified atom stereocenters. The van der Waals surface area contributed by atoms with Crippen molar-refractivity contribution in [1.29, 1.82) is 0 Å². The van der Waals surface area contributed by atoms with Crippen molar-refractivity contribution in [2.75, 3.05) is 13.1 Å². The van der Waals surface area contributed by atoms with Gasteiger partial charge in [0.05, 0.1) is 23.5 Å². The summed E-state index contributed by atoms with van der Waals surface area (Å²) in [4.78, 5) is 18.8. The van der Waals surface area contributed by atoms with Crippen LogP contribution in [0.2, 0.25) is 0 Å². The number of hydrogen-bond acceptors (Lipinski definition) is 4. The first-order chi connectivity index (χ1) is 10.2. The molecule has 3 rings (SSSR count). The number of fused-ring (bicyclic) bond motifs is 1. The first-order valence-corrected chi connectivity index (χ1v) is 7.53. The van der Waals surface area contributed by atoms with Crippen molar-refractivity contribution in [1.82, 2.24) is 19.5 Å². The lowest BCUT2D eigenvalue weighted by Gasteiger charge is -2.38. The Balaban J connectivity index is 1.87. The zero-order valence-electron chi connectivity index (χ0n) is 12.3. The van der Waals surface area contributed by atoms with Gasteiger partial charge in [0, 0.05) is 31.5 Å². The summed E-state index contributed by atoms with van der Waals surface area (Å²) in [5, 5.41) is 4.21. The Labute approximate surface area is 123 Å². The molecule has 6 heteroatoms. The molecule has 2 aromatic heterocycles. The average Bonchev–Trinajstić information content (AvgIpc) is 2.97. The van der Waals surface area contributed by atoms with Crippen molar-refractivity contribution in [3.8, 4) is 0 Å². The Hall–Kier alpha value is -1.95. The summed E-state index contributed by atoms with van der Waals surface area (Å²) in [6.07, 6.45) is 9.90. The molecule has 0 saturated carbocycles. The van der Waals surface area contributed by atoms with Crippen LogP contribution in [-0.4, -0.2) is 44.5 Å². The van der Waals surface area contributed by atoms with Crippen molar-refractivity contribution in [3.63, 3.8) is 0 Å². The van der Waals surface area contributed by atoms with Gasteiger partial charge in [-0.2, -0.15) is 5.10 Å². The normalized spacial score (nSPS) is 22.7. The van der Waals surface area contributed by atoms with Crippen LogP contribution in [0, 0.1) is 5.92 Å². The smallest absolute Gasteiger partial charge is 0.258 e. The van der Waals surface area contributed by atoms with E-state index in [9.17, 15) is 4.79 Å². The molecular formula is C15H21N5O. The van der Waals surface area contributed by atoms with E-state index in [0.29, 0.717) is 18.0 Å². The minimum atomic E-state index is 0.0167. The van der Waals surface area contributed by atoms with Crippen molar-refractivity contribution >= 4 is 11.4 Å². The zero-order valence-corrected chi connectivity index (χ0v) is 12.3. The van der Waals surface area contributed by atoms with Gasteiger partial charge in [-0.25, -0.2) is 4.52 Å². The van der Waals surface area contributed by atoms with E-state index in [2.05, 4.69) is 17.0 Å². The molecule has 0 aromatic carbocycles. The topological polar surface area (TPSA) is 76.5 Å². The van der Waals surface area contributed by atoms with Crippen LogP contribution >= 0.6 is 0 Å². The molecule has 2 N–H and O–H groups in total. The minimum absolute atomic E-state index is 0.0167. The molecule has 1 aliphatic rings. The molecule has 1 saturated heterocycles. The zero-order chi connectivity index (χ0) is 14.8. The summed E-state index contributed by atoms with van der Waals surface area (Å²) < 4.78 is 1.68. The number of carbonyl (C=O) groups is 1. The lowest BCUT2D eigenvalue weighted by atomic mass is 9.88. The Morgan fingerprint density at radius 3 is 3.10 bits per heavy atom. The number of aromatic nitrogens is 3. The number of nitrogens with two attached hydrogens (primary N) is 1. The molecule has 0 radical (unpaired) electrons. The summed E-state index contributed by atoms with van der Waals surface area (Å²) in [6, 6.07) is 0.128. The fourth-order valence-electron chi connectivity index (χ4n) is 3.15. The molecule has 0 spiro atoms. The van der Waals surface area contributed by atoms with Crippen molar-refractivity contribution in [2.45, 2.75) is 32.2 Å². The summed E-state index contributed by atoms with van der Waals surface area (Å²) in [6.45, 7) is 3.49. The SMILES string of the molecule is CCC1CCN(C(=O)c2cnn3ccncc23)C(CN)C1. The first-order valence-electron chi connectivity index (χ1n) is 7.53. The van der Waals surface area contributed by atoms with Gasteiger partial charge < -0.3 is 10.6 Å². The van der Waals surface area contributed by atoms with E-state index >= 15 is 0 Å². The van der Waals surface area contributed by atoms with Crippen LogP contribution in [0.5, 0.6) is 0 Å². The van der Waals surface area contributed by atoms with Crippen LogP contribution in [0.3, 0.4) is 0 Å². The van der Waals surface area contributed by atoms with Crippen LogP contribution in [-0.2, 0) is 0 Å². The summed E-state index contributed by atoms with van der Waals surface area (Å²) in [5.41, 5.74) is 7.24.